The number of H-pyrrole nitrogens is 1. The van der Waals surface area contributed by atoms with E-state index in [0.29, 0.717) is 35.7 Å². The number of hydrogen-bond donors (Lipinski definition) is 3. The van der Waals surface area contributed by atoms with Gasteiger partial charge in [-0.05, 0) is 72.1 Å². The quantitative estimate of drug-likeness (QED) is 0.118. The number of aromatic hydroxyl groups is 1. The van der Waals surface area contributed by atoms with Crippen molar-refractivity contribution in [2.75, 3.05) is 0 Å². The molecule has 5 rings (SSSR count). The Balaban J connectivity index is 1.09. The number of nitrogens with one attached hydrogen (secondary N) is 1. The first kappa shape index (κ1) is 30.0. The van der Waals surface area contributed by atoms with Crippen molar-refractivity contribution in [3.8, 4) is 5.75 Å². The third-order valence-electron chi connectivity index (χ3n) is 8.20. The van der Waals surface area contributed by atoms with Crippen LogP contribution in [-0.2, 0) is 17.6 Å². The number of phenolic OH excluding ortho intramolecular Hbond substituents is 1. The van der Waals surface area contributed by atoms with E-state index >= 15 is 0 Å². The molecule has 0 aliphatic carbocycles. The number of ketones is 1. The summed E-state index contributed by atoms with van der Waals surface area (Å²) in [6, 6.07) is 35.6. The summed E-state index contributed by atoms with van der Waals surface area (Å²) in [6.45, 7) is 0. The molecule has 0 radical (unpaired) electrons. The Bertz CT molecular complexity index is 1650. The van der Waals surface area contributed by atoms with Gasteiger partial charge in [-0.2, -0.15) is 0 Å². The minimum absolute atomic E-state index is 0.00873. The first-order valence-corrected chi connectivity index (χ1v) is 15.2. The molecule has 0 unspecified atom stereocenters. The lowest BCUT2D eigenvalue weighted by Crippen LogP contribution is -2.06. The minimum Gasteiger partial charge on any atom is -0.506 e. The number of aliphatic hydroxyl groups excluding tert-OH is 1. The lowest BCUT2D eigenvalue weighted by Gasteiger charge is -2.18. The number of carbonyl (C=O) groups excluding carboxylic acids is 1. The van der Waals surface area contributed by atoms with Gasteiger partial charge in [0.05, 0.1) is 11.6 Å². The molecule has 0 fully saturated rings. The summed E-state index contributed by atoms with van der Waals surface area (Å²) < 4.78 is 0. The van der Waals surface area contributed by atoms with Gasteiger partial charge in [0.1, 0.15) is 11.5 Å². The highest BCUT2D eigenvalue weighted by Gasteiger charge is 2.16. The Kier molecular flexibility index (Phi) is 10.2. The van der Waals surface area contributed by atoms with Gasteiger partial charge < -0.3 is 15.2 Å². The van der Waals surface area contributed by atoms with Crippen LogP contribution in [-0.4, -0.2) is 21.0 Å². The summed E-state index contributed by atoms with van der Waals surface area (Å²) in [7, 11) is 0. The van der Waals surface area contributed by atoms with E-state index in [0.717, 1.165) is 37.7 Å². The van der Waals surface area contributed by atoms with Crippen molar-refractivity contribution in [2.24, 2.45) is 0 Å². The molecule has 43 heavy (non-hydrogen) atoms. The highest BCUT2D eigenvalue weighted by Crippen LogP contribution is 2.32. The molecule has 5 heteroatoms. The first-order chi connectivity index (χ1) is 21.0. The lowest BCUT2D eigenvalue weighted by atomic mass is 9.86. The molecule has 3 N–H and O–H groups in total. The smallest absolute Gasteiger partial charge is 0.248 e. The molecule has 220 valence electrons. The molecule has 0 amide bonds. The molecule has 0 spiro atoms. The SMILES string of the molecule is O=C(CCCC(c1ccccc1)c1ccccc1)Cc1cccc(CCCC[C@H](O)c2ccc(O)c3[nH]c(=O)ccc23)c1. The minimum atomic E-state index is -0.693. The first-order valence-electron chi connectivity index (χ1n) is 15.2. The Morgan fingerprint density at radius 2 is 1.42 bits per heavy atom. The van der Waals surface area contributed by atoms with Gasteiger partial charge in [-0.25, -0.2) is 0 Å². The predicted octanol–water partition coefficient (Wildman–Crippen LogP) is 7.79. The Hall–Kier alpha value is -4.48. The maximum absolute atomic E-state index is 12.9. The largest absolute Gasteiger partial charge is 0.506 e. The fourth-order valence-electron chi connectivity index (χ4n) is 5.98. The van der Waals surface area contributed by atoms with Crippen LogP contribution in [0.4, 0.5) is 0 Å². The van der Waals surface area contributed by atoms with Crippen molar-refractivity contribution in [1.82, 2.24) is 4.98 Å². The molecule has 0 bridgehead atoms. The predicted molar refractivity (Wildman–Crippen MR) is 172 cm³/mol. The highest BCUT2D eigenvalue weighted by atomic mass is 16.3. The van der Waals surface area contributed by atoms with E-state index in [1.54, 1.807) is 12.1 Å². The van der Waals surface area contributed by atoms with Crippen LogP contribution in [0.2, 0.25) is 0 Å². The number of aliphatic hydroxyl groups is 1. The Labute approximate surface area is 252 Å². The van der Waals surface area contributed by atoms with Gasteiger partial charge in [-0.15, -0.1) is 0 Å². The second-order valence-electron chi connectivity index (χ2n) is 11.3. The summed E-state index contributed by atoms with van der Waals surface area (Å²) >= 11 is 0. The average Bonchev–Trinajstić information content (AvgIpc) is 3.03. The van der Waals surface area contributed by atoms with E-state index < -0.39 is 6.10 Å². The zero-order valence-electron chi connectivity index (χ0n) is 24.4. The molecular formula is C38H39NO4. The van der Waals surface area contributed by atoms with E-state index in [-0.39, 0.29) is 23.0 Å². The number of unbranched alkanes of at least 4 members (excludes halogenated alkanes) is 1. The third-order valence-corrected chi connectivity index (χ3v) is 8.20. The van der Waals surface area contributed by atoms with Gasteiger partial charge >= 0.3 is 0 Å². The Morgan fingerprint density at radius 3 is 2.14 bits per heavy atom. The molecule has 1 atom stereocenters. The number of benzene rings is 4. The summed E-state index contributed by atoms with van der Waals surface area (Å²) in [5.41, 5.74) is 5.57. The molecular weight excluding hydrogens is 534 g/mol. The molecule has 0 aliphatic heterocycles. The molecule has 0 aliphatic rings. The number of aromatic nitrogens is 1. The monoisotopic (exact) mass is 573 g/mol. The number of fused-ring (bicyclic) bond motifs is 1. The lowest BCUT2D eigenvalue weighted by molar-refractivity contribution is -0.118. The standard InChI is InChI=1S/C38H39NO4/c40-31(18-10-19-32(29-14-3-1-4-15-29)30-16-5-2-6-17-30)26-28-13-9-12-27(25-28)11-7-8-20-35(41)33-21-23-36(42)38-34(33)22-24-37(43)39-38/h1-6,9,12-17,21-25,32,35,41-42H,7-8,10-11,18-20,26H2,(H,39,43)/t35-/m0/s1. The summed E-state index contributed by atoms with van der Waals surface area (Å²) in [5, 5.41) is 21.6. The molecule has 1 aromatic heterocycles. The number of hydrogen-bond acceptors (Lipinski definition) is 4. The number of phenols is 1. The number of Topliss-reactive ketones (excluding diaryl/α,β-unsaturated/α-hetero) is 1. The second-order valence-corrected chi connectivity index (χ2v) is 11.3. The molecule has 5 nitrogen and oxygen atoms in total. The summed E-state index contributed by atoms with van der Waals surface area (Å²) in [5.74, 6) is 0.544. The number of aryl methyl sites for hydroxylation is 1. The second kappa shape index (κ2) is 14.6. The zero-order valence-corrected chi connectivity index (χ0v) is 24.4. The normalized spacial score (nSPS) is 12.0. The average molecular weight is 574 g/mol. The molecule has 4 aromatic carbocycles. The zero-order chi connectivity index (χ0) is 30.0. The van der Waals surface area contributed by atoms with Crippen LogP contribution >= 0.6 is 0 Å². The van der Waals surface area contributed by atoms with Gasteiger partial charge in [0.2, 0.25) is 5.56 Å². The van der Waals surface area contributed by atoms with Crippen molar-refractivity contribution in [3.63, 3.8) is 0 Å². The molecule has 1 heterocycles. The van der Waals surface area contributed by atoms with Crippen LogP contribution in [0.25, 0.3) is 10.9 Å². The van der Waals surface area contributed by atoms with Crippen molar-refractivity contribution in [1.29, 1.82) is 0 Å². The van der Waals surface area contributed by atoms with Crippen molar-refractivity contribution < 1.29 is 15.0 Å². The van der Waals surface area contributed by atoms with E-state index in [2.05, 4.69) is 65.6 Å². The fourth-order valence-corrected chi connectivity index (χ4v) is 5.98. The van der Waals surface area contributed by atoms with E-state index in [4.69, 9.17) is 0 Å². The van der Waals surface area contributed by atoms with Gasteiger partial charge in [0, 0.05) is 30.2 Å². The Morgan fingerprint density at radius 1 is 0.721 bits per heavy atom. The number of pyridine rings is 1. The van der Waals surface area contributed by atoms with Gasteiger partial charge in [-0.1, -0.05) is 97.4 Å². The van der Waals surface area contributed by atoms with Crippen LogP contribution < -0.4 is 5.56 Å². The summed E-state index contributed by atoms with van der Waals surface area (Å²) in [6.07, 6.45) is 5.27. The fraction of sp³-hybridized carbons (Fsp3) is 0.263. The molecule has 0 saturated heterocycles. The third kappa shape index (κ3) is 8.08. The van der Waals surface area contributed by atoms with E-state index in [9.17, 15) is 19.8 Å². The van der Waals surface area contributed by atoms with Gasteiger partial charge in [0.15, 0.2) is 0 Å². The number of carbonyl (C=O) groups is 1. The van der Waals surface area contributed by atoms with Crippen LogP contribution in [0.5, 0.6) is 5.75 Å². The summed E-state index contributed by atoms with van der Waals surface area (Å²) in [4.78, 5) is 27.2. The van der Waals surface area contributed by atoms with E-state index in [1.165, 1.54) is 28.8 Å². The van der Waals surface area contributed by atoms with Crippen LogP contribution in [0.3, 0.4) is 0 Å². The highest BCUT2D eigenvalue weighted by molar-refractivity contribution is 5.87. The maximum atomic E-state index is 12.9. The van der Waals surface area contributed by atoms with Crippen LogP contribution in [0, 0.1) is 0 Å². The number of rotatable bonds is 14. The van der Waals surface area contributed by atoms with Gasteiger partial charge in [-0.3, -0.25) is 9.59 Å². The van der Waals surface area contributed by atoms with Crippen molar-refractivity contribution >= 4 is 16.7 Å². The van der Waals surface area contributed by atoms with E-state index in [1.807, 2.05) is 24.3 Å². The number of aromatic amines is 1. The van der Waals surface area contributed by atoms with Crippen LogP contribution in [0.1, 0.15) is 78.4 Å². The molecule has 0 saturated carbocycles. The van der Waals surface area contributed by atoms with Crippen molar-refractivity contribution in [3.05, 3.63) is 147 Å². The topological polar surface area (TPSA) is 90.4 Å². The van der Waals surface area contributed by atoms with Crippen molar-refractivity contribution in [2.45, 2.75) is 63.4 Å². The van der Waals surface area contributed by atoms with Crippen LogP contribution in [0.15, 0.2) is 114 Å². The molecule has 5 aromatic rings. The maximum Gasteiger partial charge on any atom is 0.248 e. The van der Waals surface area contributed by atoms with Gasteiger partial charge in [0.25, 0.3) is 0 Å².